The highest BCUT2D eigenvalue weighted by atomic mass is 16.3. The standard InChI is InChI=1S/C16H16N4O/c1-11(21)9-18-16-13-6-2-3-7-14(13)19-15(20-16)12-5-4-8-17-10-12/h2-8,10-11,21H,9H2,1H3,(H,18,19,20)/t11-/m1/s1. The lowest BCUT2D eigenvalue weighted by molar-refractivity contribution is 0.208. The van der Waals surface area contributed by atoms with Crippen LogP contribution in [0.2, 0.25) is 0 Å². The van der Waals surface area contributed by atoms with Crippen LogP contribution in [0, 0.1) is 0 Å². The SMILES string of the molecule is C[C@@H](O)CNc1nc(-c2cccnc2)nc2ccccc12. The maximum Gasteiger partial charge on any atom is 0.163 e. The van der Waals surface area contributed by atoms with Crippen LogP contribution in [-0.4, -0.2) is 32.7 Å². The summed E-state index contributed by atoms with van der Waals surface area (Å²) in [6.07, 6.45) is 3.01. The first-order valence-corrected chi connectivity index (χ1v) is 6.83. The van der Waals surface area contributed by atoms with E-state index in [9.17, 15) is 5.11 Å². The largest absolute Gasteiger partial charge is 0.392 e. The Balaban J connectivity index is 2.10. The van der Waals surface area contributed by atoms with E-state index in [4.69, 9.17) is 0 Å². The summed E-state index contributed by atoms with van der Waals surface area (Å²) in [5, 5.41) is 13.6. The van der Waals surface area contributed by atoms with Crippen molar-refractivity contribution in [3.8, 4) is 11.4 Å². The van der Waals surface area contributed by atoms with E-state index in [2.05, 4.69) is 20.3 Å². The quantitative estimate of drug-likeness (QED) is 0.768. The maximum absolute atomic E-state index is 9.46. The van der Waals surface area contributed by atoms with Crippen molar-refractivity contribution >= 4 is 16.7 Å². The highest BCUT2D eigenvalue weighted by molar-refractivity contribution is 5.90. The van der Waals surface area contributed by atoms with Gasteiger partial charge in [-0.05, 0) is 31.2 Å². The molecule has 0 saturated heterocycles. The Labute approximate surface area is 122 Å². The molecule has 2 heterocycles. The van der Waals surface area contributed by atoms with Gasteiger partial charge in [0.1, 0.15) is 5.82 Å². The molecule has 5 heteroatoms. The summed E-state index contributed by atoms with van der Waals surface area (Å²) in [5.74, 6) is 1.34. The summed E-state index contributed by atoms with van der Waals surface area (Å²) >= 11 is 0. The van der Waals surface area contributed by atoms with Crippen molar-refractivity contribution in [2.75, 3.05) is 11.9 Å². The zero-order chi connectivity index (χ0) is 14.7. The van der Waals surface area contributed by atoms with Crippen LogP contribution >= 0.6 is 0 Å². The molecule has 2 aromatic heterocycles. The summed E-state index contributed by atoms with van der Waals surface area (Å²) in [6.45, 7) is 2.17. The third-order valence-electron chi connectivity index (χ3n) is 3.09. The number of pyridine rings is 1. The number of anilines is 1. The fraction of sp³-hybridized carbons (Fsp3) is 0.188. The Bertz CT molecular complexity index is 744. The summed E-state index contributed by atoms with van der Waals surface area (Å²) in [5.41, 5.74) is 1.72. The topological polar surface area (TPSA) is 70.9 Å². The monoisotopic (exact) mass is 280 g/mol. The van der Waals surface area contributed by atoms with E-state index in [1.54, 1.807) is 19.3 Å². The highest BCUT2D eigenvalue weighted by Crippen LogP contribution is 2.24. The molecule has 5 nitrogen and oxygen atoms in total. The van der Waals surface area contributed by atoms with Crippen molar-refractivity contribution in [2.45, 2.75) is 13.0 Å². The number of fused-ring (bicyclic) bond motifs is 1. The Kier molecular flexibility index (Phi) is 3.75. The summed E-state index contributed by atoms with van der Waals surface area (Å²) in [7, 11) is 0. The van der Waals surface area contributed by atoms with Gasteiger partial charge in [-0.25, -0.2) is 9.97 Å². The number of nitrogens with one attached hydrogen (secondary N) is 1. The first-order valence-electron chi connectivity index (χ1n) is 6.83. The minimum Gasteiger partial charge on any atom is -0.392 e. The molecule has 0 amide bonds. The van der Waals surface area contributed by atoms with Crippen LogP contribution in [0.15, 0.2) is 48.8 Å². The van der Waals surface area contributed by atoms with Crippen LogP contribution in [-0.2, 0) is 0 Å². The Morgan fingerprint density at radius 3 is 2.76 bits per heavy atom. The third kappa shape index (κ3) is 2.98. The van der Waals surface area contributed by atoms with Gasteiger partial charge in [-0.1, -0.05) is 12.1 Å². The van der Waals surface area contributed by atoms with Gasteiger partial charge in [-0.15, -0.1) is 0 Å². The van der Waals surface area contributed by atoms with E-state index in [1.807, 2.05) is 36.4 Å². The van der Waals surface area contributed by atoms with Gasteiger partial charge in [0.05, 0.1) is 11.6 Å². The molecule has 0 aliphatic heterocycles. The first kappa shape index (κ1) is 13.5. The van der Waals surface area contributed by atoms with Gasteiger partial charge in [0, 0.05) is 29.9 Å². The molecule has 0 radical (unpaired) electrons. The van der Waals surface area contributed by atoms with Crippen molar-refractivity contribution in [3.05, 3.63) is 48.8 Å². The second kappa shape index (κ2) is 5.85. The molecule has 0 fully saturated rings. The van der Waals surface area contributed by atoms with Gasteiger partial charge in [-0.2, -0.15) is 0 Å². The molecule has 0 aliphatic rings. The zero-order valence-electron chi connectivity index (χ0n) is 11.7. The number of benzene rings is 1. The number of hydrogen-bond acceptors (Lipinski definition) is 5. The molecule has 0 unspecified atom stereocenters. The van der Waals surface area contributed by atoms with Crippen molar-refractivity contribution in [3.63, 3.8) is 0 Å². The summed E-state index contributed by atoms with van der Waals surface area (Å²) in [6, 6.07) is 11.6. The molecule has 0 saturated carbocycles. The minimum absolute atomic E-state index is 0.438. The van der Waals surface area contributed by atoms with Gasteiger partial charge < -0.3 is 10.4 Å². The lowest BCUT2D eigenvalue weighted by Crippen LogP contribution is -2.16. The molecule has 0 bridgehead atoms. The van der Waals surface area contributed by atoms with E-state index in [0.29, 0.717) is 12.4 Å². The fourth-order valence-corrected chi connectivity index (χ4v) is 2.08. The van der Waals surface area contributed by atoms with Gasteiger partial charge in [0.2, 0.25) is 0 Å². The second-order valence-electron chi connectivity index (χ2n) is 4.88. The van der Waals surface area contributed by atoms with E-state index in [0.717, 1.165) is 22.3 Å². The van der Waals surface area contributed by atoms with Gasteiger partial charge >= 0.3 is 0 Å². The van der Waals surface area contributed by atoms with Crippen molar-refractivity contribution in [2.24, 2.45) is 0 Å². The molecule has 0 aliphatic carbocycles. The summed E-state index contributed by atoms with van der Waals surface area (Å²) < 4.78 is 0. The van der Waals surface area contributed by atoms with Gasteiger partial charge in [0.15, 0.2) is 5.82 Å². The lowest BCUT2D eigenvalue weighted by Gasteiger charge is -2.12. The highest BCUT2D eigenvalue weighted by Gasteiger charge is 2.09. The van der Waals surface area contributed by atoms with E-state index in [1.165, 1.54) is 0 Å². The normalized spacial score (nSPS) is 12.3. The Hall–Kier alpha value is -2.53. The van der Waals surface area contributed by atoms with Gasteiger partial charge in [-0.3, -0.25) is 4.98 Å². The number of rotatable bonds is 4. The smallest absolute Gasteiger partial charge is 0.163 e. The van der Waals surface area contributed by atoms with Crippen molar-refractivity contribution < 1.29 is 5.11 Å². The van der Waals surface area contributed by atoms with Crippen LogP contribution < -0.4 is 5.32 Å². The van der Waals surface area contributed by atoms with Crippen LogP contribution in [0.4, 0.5) is 5.82 Å². The molecule has 2 N–H and O–H groups in total. The number of para-hydroxylation sites is 1. The molecular formula is C16H16N4O. The van der Waals surface area contributed by atoms with E-state index >= 15 is 0 Å². The van der Waals surface area contributed by atoms with E-state index < -0.39 is 6.10 Å². The molecule has 1 atom stereocenters. The van der Waals surface area contributed by atoms with Crippen molar-refractivity contribution in [1.29, 1.82) is 0 Å². The Morgan fingerprint density at radius 1 is 1.14 bits per heavy atom. The van der Waals surface area contributed by atoms with E-state index in [-0.39, 0.29) is 0 Å². The molecule has 3 rings (SSSR count). The summed E-state index contributed by atoms with van der Waals surface area (Å²) in [4.78, 5) is 13.3. The Morgan fingerprint density at radius 2 is 2.00 bits per heavy atom. The predicted octanol–water partition coefficient (Wildman–Crippen LogP) is 2.48. The second-order valence-corrected chi connectivity index (χ2v) is 4.88. The lowest BCUT2D eigenvalue weighted by atomic mass is 10.2. The molecule has 1 aromatic carbocycles. The fourth-order valence-electron chi connectivity index (χ4n) is 2.08. The van der Waals surface area contributed by atoms with Crippen LogP contribution in [0.25, 0.3) is 22.3 Å². The van der Waals surface area contributed by atoms with Gasteiger partial charge in [0.25, 0.3) is 0 Å². The number of hydrogen-bond donors (Lipinski definition) is 2. The number of aliphatic hydroxyl groups is 1. The zero-order valence-corrected chi connectivity index (χ0v) is 11.7. The number of aliphatic hydroxyl groups excluding tert-OH is 1. The van der Waals surface area contributed by atoms with Crippen LogP contribution in [0.1, 0.15) is 6.92 Å². The van der Waals surface area contributed by atoms with Crippen molar-refractivity contribution in [1.82, 2.24) is 15.0 Å². The molecule has 106 valence electrons. The first-order chi connectivity index (χ1) is 10.2. The molecule has 21 heavy (non-hydrogen) atoms. The van der Waals surface area contributed by atoms with Crippen LogP contribution in [0.3, 0.4) is 0 Å². The predicted molar refractivity (Wildman–Crippen MR) is 82.9 cm³/mol. The average Bonchev–Trinajstić information content (AvgIpc) is 2.53. The molecule has 0 spiro atoms. The number of aromatic nitrogens is 3. The minimum atomic E-state index is -0.444. The average molecular weight is 280 g/mol. The number of nitrogens with zero attached hydrogens (tertiary/aromatic N) is 3. The third-order valence-corrected chi connectivity index (χ3v) is 3.09. The molecule has 3 aromatic rings. The maximum atomic E-state index is 9.46. The molecular weight excluding hydrogens is 264 g/mol. The van der Waals surface area contributed by atoms with Crippen LogP contribution in [0.5, 0.6) is 0 Å².